The number of benzene rings is 1. The fourth-order valence-electron chi connectivity index (χ4n) is 1.48. The number of hydrogen-bond acceptors (Lipinski definition) is 4. The van der Waals surface area contributed by atoms with E-state index in [-0.39, 0.29) is 0 Å². The molecule has 16 heavy (non-hydrogen) atoms. The molecule has 1 aromatic heterocycles. The number of nitrogen functional groups attached to an aromatic ring is 1. The van der Waals surface area contributed by atoms with Crippen molar-refractivity contribution in [2.75, 3.05) is 5.73 Å². The van der Waals surface area contributed by atoms with E-state index in [1.54, 1.807) is 11.3 Å². The lowest BCUT2D eigenvalue weighted by molar-refractivity contribution is 0.691. The third-order valence-corrected chi connectivity index (χ3v) is 3.23. The number of anilines is 1. The zero-order chi connectivity index (χ0) is 11.4. The number of nitrogens with one attached hydrogen (secondary N) is 1. The van der Waals surface area contributed by atoms with Crippen LogP contribution in [0.4, 0.5) is 5.69 Å². The summed E-state index contributed by atoms with van der Waals surface area (Å²) in [5, 5.41) is 4.46. The molecule has 1 heterocycles. The van der Waals surface area contributed by atoms with Crippen molar-refractivity contribution < 1.29 is 0 Å². The van der Waals surface area contributed by atoms with Crippen LogP contribution in [0.2, 0.25) is 0 Å². The zero-order valence-electron chi connectivity index (χ0n) is 9.23. The summed E-state index contributed by atoms with van der Waals surface area (Å²) < 4.78 is 0. The highest BCUT2D eigenvalue weighted by atomic mass is 32.1. The van der Waals surface area contributed by atoms with Gasteiger partial charge in [-0.25, -0.2) is 4.98 Å². The van der Waals surface area contributed by atoms with Gasteiger partial charge in [-0.2, -0.15) is 0 Å². The molecule has 0 amide bonds. The van der Waals surface area contributed by atoms with Crippen LogP contribution in [0.3, 0.4) is 0 Å². The van der Waals surface area contributed by atoms with Crippen LogP contribution in [-0.4, -0.2) is 4.98 Å². The van der Waals surface area contributed by atoms with Gasteiger partial charge in [0.05, 0.1) is 0 Å². The van der Waals surface area contributed by atoms with E-state index in [4.69, 9.17) is 5.73 Å². The quantitative estimate of drug-likeness (QED) is 0.797. The molecule has 0 radical (unpaired) electrons. The lowest BCUT2D eigenvalue weighted by Crippen LogP contribution is -2.13. The number of aryl methyl sites for hydroxylation is 1. The fourth-order valence-corrected chi connectivity index (χ4v) is 2.24. The van der Waals surface area contributed by atoms with E-state index in [1.807, 2.05) is 30.5 Å². The van der Waals surface area contributed by atoms with Crippen molar-refractivity contribution in [2.24, 2.45) is 0 Å². The van der Waals surface area contributed by atoms with Gasteiger partial charge in [0.15, 0.2) is 0 Å². The van der Waals surface area contributed by atoms with E-state index in [2.05, 4.69) is 17.2 Å². The Morgan fingerprint density at radius 1 is 1.31 bits per heavy atom. The summed E-state index contributed by atoms with van der Waals surface area (Å²) in [5.41, 5.74) is 7.82. The number of aromatic nitrogens is 1. The predicted molar refractivity (Wildman–Crippen MR) is 68.2 cm³/mol. The van der Waals surface area contributed by atoms with Crippen molar-refractivity contribution >= 4 is 17.0 Å². The van der Waals surface area contributed by atoms with E-state index in [9.17, 15) is 0 Å². The molecule has 0 aliphatic heterocycles. The molecule has 0 saturated heterocycles. The second-order valence-electron chi connectivity index (χ2n) is 3.67. The predicted octanol–water partition coefficient (Wildman–Crippen LogP) is 2.32. The fraction of sp³-hybridized carbons (Fsp3) is 0.250. The summed E-state index contributed by atoms with van der Waals surface area (Å²) >= 11 is 1.72. The highest BCUT2D eigenvalue weighted by Crippen LogP contribution is 2.12. The van der Waals surface area contributed by atoms with Crippen molar-refractivity contribution in [3.05, 3.63) is 45.9 Å². The Morgan fingerprint density at radius 2 is 2.12 bits per heavy atom. The van der Waals surface area contributed by atoms with Gasteiger partial charge in [0.2, 0.25) is 0 Å². The van der Waals surface area contributed by atoms with Gasteiger partial charge in [-0.05, 0) is 18.6 Å². The Bertz CT molecular complexity index is 465. The number of nitrogens with zero attached hydrogens (tertiary/aromatic N) is 1. The average Bonchev–Trinajstić information content (AvgIpc) is 2.67. The van der Waals surface area contributed by atoms with Crippen molar-refractivity contribution in [3.63, 3.8) is 0 Å². The highest BCUT2D eigenvalue weighted by Gasteiger charge is 2.00. The van der Waals surface area contributed by atoms with Gasteiger partial charge < -0.3 is 11.1 Å². The third-order valence-electron chi connectivity index (χ3n) is 2.32. The van der Waals surface area contributed by atoms with Crippen molar-refractivity contribution in [1.82, 2.24) is 10.3 Å². The second-order valence-corrected chi connectivity index (χ2v) is 4.99. The number of hydrogen-bond donors (Lipinski definition) is 2. The maximum absolute atomic E-state index is 5.85. The first kappa shape index (κ1) is 11.1. The first-order valence-electron chi connectivity index (χ1n) is 5.21. The Hall–Kier alpha value is -1.39. The number of rotatable bonds is 4. The maximum Gasteiger partial charge on any atom is 0.107 e. The molecule has 4 heteroatoms. The zero-order valence-corrected chi connectivity index (χ0v) is 10.1. The smallest absolute Gasteiger partial charge is 0.107 e. The monoisotopic (exact) mass is 233 g/mol. The molecule has 0 saturated carbocycles. The summed E-state index contributed by atoms with van der Waals surface area (Å²) in [5.74, 6) is 0. The van der Waals surface area contributed by atoms with Gasteiger partial charge in [0.25, 0.3) is 0 Å². The molecule has 0 fully saturated rings. The number of para-hydroxylation sites is 1. The normalized spacial score (nSPS) is 10.6. The molecule has 0 atom stereocenters. The van der Waals surface area contributed by atoms with Gasteiger partial charge >= 0.3 is 0 Å². The molecule has 1 aromatic carbocycles. The first-order valence-corrected chi connectivity index (χ1v) is 6.03. The van der Waals surface area contributed by atoms with Crippen LogP contribution >= 0.6 is 11.3 Å². The van der Waals surface area contributed by atoms with Gasteiger partial charge in [-0.1, -0.05) is 18.2 Å². The van der Waals surface area contributed by atoms with Crippen LogP contribution in [0.15, 0.2) is 30.5 Å². The Balaban J connectivity index is 1.87. The van der Waals surface area contributed by atoms with E-state index in [0.29, 0.717) is 0 Å². The summed E-state index contributed by atoms with van der Waals surface area (Å²) in [6, 6.07) is 7.91. The standard InChI is InChI=1S/C12H15N3S/c1-9-6-15-12(16-9)8-14-7-10-4-2-3-5-11(10)13/h2-6,14H,7-8,13H2,1H3. The minimum Gasteiger partial charge on any atom is -0.398 e. The van der Waals surface area contributed by atoms with Gasteiger partial charge in [-0.15, -0.1) is 11.3 Å². The summed E-state index contributed by atoms with van der Waals surface area (Å²) in [7, 11) is 0. The molecule has 0 aliphatic rings. The van der Waals surface area contributed by atoms with Gasteiger partial charge in [0.1, 0.15) is 5.01 Å². The molecule has 2 rings (SSSR count). The molecule has 84 valence electrons. The SMILES string of the molecule is Cc1cnc(CNCc2ccccc2N)s1. The van der Waals surface area contributed by atoms with Crippen LogP contribution in [0, 0.1) is 6.92 Å². The number of nitrogens with two attached hydrogens (primary N) is 1. The average molecular weight is 233 g/mol. The molecule has 0 spiro atoms. The molecule has 0 bridgehead atoms. The molecule has 0 aliphatic carbocycles. The van der Waals surface area contributed by atoms with E-state index in [0.717, 1.165) is 29.3 Å². The maximum atomic E-state index is 5.85. The summed E-state index contributed by atoms with van der Waals surface area (Å²) in [4.78, 5) is 5.54. The van der Waals surface area contributed by atoms with Crippen molar-refractivity contribution in [2.45, 2.75) is 20.0 Å². The van der Waals surface area contributed by atoms with Crippen LogP contribution in [0.25, 0.3) is 0 Å². The Morgan fingerprint density at radius 3 is 2.81 bits per heavy atom. The molecular formula is C12H15N3S. The van der Waals surface area contributed by atoms with Crippen molar-refractivity contribution in [1.29, 1.82) is 0 Å². The van der Waals surface area contributed by atoms with Gasteiger partial charge in [-0.3, -0.25) is 0 Å². The Labute approximate surface area is 99.3 Å². The number of thiazole rings is 1. The lowest BCUT2D eigenvalue weighted by Gasteiger charge is -2.05. The minimum absolute atomic E-state index is 0.783. The first-order chi connectivity index (χ1) is 7.75. The van der Waals surface area contributed by atoms with E-state index in [1.165, 1.54) is 4.88 Å². The van der Waals surface area contributed by atoms with Crippen LogP contribution in [0.5, 0.6) is 0 Å². The Kier molecular flexibility index (Phi) is 3.54. The third kappa shape index (κ3) is 2.81. The van der Waals surface area contributed by atoms with Crippen LogP contribution in [0.1, 0.15) is 15.4 Å². The van der Waals surface area contributed by atoms with Gasteiger partial charge in [0, 0.05) is 29.9 Å². The van der Waals surface area contributed by atoms with Crippen LogP contribution in [-0.2, 0) is 13.1 Å². The largest absolute Gasteiger partial charge is 0.398 e. The molecule has 0 unspecified atom stereocenters. The highest BCUT2D eigenvalue weighted by molar-refractivity contribution is 7.11. The van der Waals surface area contributed by atoms with E-state index >= 15 is 0 Å². The molecule has 3 nitrogen and oxygen atoms in total. The molecule has 2 aromatic rings. The lowest BCUT2D eigenvalue weighted by atomic mass is 10.2. The minimum atomic E-state index is 0.783. The van der Waals surface area contributed by atoms with Crippen molar-refractivity contribution in [3.8, 4) is 0 Å². The summed E-state index contributed by atoms with van der Waals surface area (Å²) in [6.07, 6.45) is 1.90. The molecular weight excluding hydrogens is 218 g/mol. The molecule has 3 N–H and O–H groups in total. The summed E-state index contributed by atoms with van der Waals surface area (Å²) in [6.45, 7) is 3.65. The van der Waals surface area contributed by atoms with E-state index < -0.39 is 0 Å². The van der Waals surface area contributed by atoms with Crippen LogP contribution < -0.4 is 11.1 Å². The topological polar surface area (TPSA) is 50.9 Å². The second kappa shape index (κ2) is 5.09.